The standard InChI is InChI=1S/C17H19ClFNO/c1-17(2,3)20-11-14-15(19)5-4-6-16(14)21-13-9-7-12(18)8-10-13/h4-10,20H,11H2,1-3H3. The molecule has 0 aliphatic heterocycles. The van der Waals surface area contributed by atoms with E-state index in [4.69, 9.17) is 16.3 Å². The summed E-state index contributed by atoms with van der Waals surface area (Å²) < 4.78 is 19.8. The minimum absolute atomic E-state index is 0.0974. The fraction of sp³-hybridized carbons (Fsp3) is 0.294. The summed E-state index contributed by atoms with van der Waals surface area (Å²) in [6.45, 7) is 6.51. The van der Waals surface area contributed by atoms with Crippen molar-refractivity contribution in [3.8, 4) is 11.5 Å². The van der Waals surface area contributed by atoms with Crippen LogP contribution < -0.4 is 10.1 Å². The summed E-state index contributed by atoms with van der Waals surface area (Å²) in [5.74, 6) is 0.856. The van der Waals surface area contributed by atoms with E-state index in [1.807, 2.05) is 20.8 Å². The number of hydrogen-bond donors (Lipinski definition) is 1. The van der Waals surface area contributed by atoms with E-state index in [0.717, 1.165) is 0 Å². The van der Waals surface area contributed by atoms with Crippen LogP contribution >= 0.6 is 11.6 Å². The first-order valence-corrected chi connectivity index (χ1v) is 7.19. The van der Waals surface area contributed by atoms with Crippen LogP contribution in [0.15, 0.2) is 42.5 Å². The zero-order chi connectivity index (χ0) is 15.5. The molecule has 2 rings (SSSR count). The second-order valence-corrected chi connectivity index (χ2v) is 6.31. The van der Waals surface area contributed by atoms with Gasteiger partial charge in [0.2, 0.25) is 0 Å². The normalized spacial score (nSPS) is 11.5. The lowest BCUT2D eigenvalue weighted by atomic mass is 10.1. The van der Waals surface area contributed by atoms with Crippen LogP contribution in [-0.2, 0) is 6.54 Å². The number of rotatable bonds is 4. The van der Waals surface area contributed by atoms with Crippen molar-refractivity contribution in [3.05, 3.63) is 58.9 Å². The third-order valence-corrected chi connectivity index (χ3v) is 3.16. The molecule has 2 aromatic rings. The van der Waals surface area contributed by atoms with Crippen LogP contribution in [0.25, 0.3) is 0 Å². The maximum absolute atomic E-state index is 14.1. The zero-order valence-corrected chi connectivity index (χ0v) is 13.2. The largest absolute Gasteiger partial charge is 0.457 e. The van der Waals surface area contributed by atoms with E-state index in [2.05, 4.69) is 5.32 Å². The zero-order valence-electron chi connectivity index (χ0n) is 12.4. The average Bonchev–Trinajstić information content (AvgIpc) is 2.39. The number of nitrogens with one attached hydrogen (secondary N) is 1. The van der Waals surface area contributed by atoms with Gasteiger partial charge in [-0.25, -0.2) is 4.39 Å². The molecular weight excluding hydrogens is 289 g/mol. The highest BCUT2D eigenvalue weighted by Gasteiger charge is 2.14. The van der Waals surface area contributed by atoms with Crippen molar-refractivity contribution in [2.24, 2.45) is 0 Å². The summed E-state index contributed by atoms with van der Waals surface area (Å²) in [5, 5.41) is 3.91. The van der Waals surface area contributed by atoms with Crippen molar-refractivity contribution < 1.29 is 9.13 Å². The Labute approximate surface area is 129 Å². The Kier molecular flexibility index (Phi) is 4.86. The topological polar surface area (TPSA) is 21.3 Å². The summed E-state index contributed by atoms with van der Waals surface area (Å²) in [5.41, 5.74) is 0.419. The fourth-order valence-corrected chi connectivity index (χ4v) is 1.92. The van der Waals surface area contributed by atoms with Crippen molar-refractivity contribution in [2.75, 3.05) is 0 Å². The van der Waals surface area contributed by atoms with Gasteiger partial charge in [-0.1, -0.05) is 17.7 Å². The first-order chi connectivity index (χ1) is 9.85. The predicted octanol–water partition coefficient (Wildman–Crippen LogP) is 5.16. The van der Waals surface area contributed by atoms with Gasteiger partial charge in [0.05, 0.1) is 0 Å². The van der Waals surface area contributed by atoms with Crippen LogP contribution in [0.2, 0.25) is 5.02 Å². The van der Waals surface area contributed by atoms with E-state index in [0.29, 0.717) is 28.6 Å². The molecule has 0 atom stereocenters. The van der Waals surface area contributed by atoms with E-state index in [9.17, 15) is 4.39 Å². The molecule has 0 unspecified atom stereocenters. The van der Waals surface area contributed by atoms with E-state index in [1.165, 1.54) is 6.07 Å². The summed E-state index contributed by atoms with van der Waals surface area (Å²) in [7, 11) is 0. The molecule has 0 radical (unpaired) electrons. The molecule has 0 heterocycles. The molecule has 21 heavy (non-hydrogen) atoms. The van der Waals surface area contributed by atoms with Gasteiger partial charge in [-0.05, 0) is 57.2 Å². The van der Waals surface area contributed by atoms with Crippen LogP contribution in [-0.4, -0.2) is 5.54 Å². The second-order valence-electron chi connectivity index (χ2n) is 5.88. The minimum Gasteiger partial charge on any atom is -0.457 e. The smallest absolute Gasteiger partial charge is 0.134 e. The van der Waals surface area contributed by atoms with Gasteiger partial charge in [-0.3, -0.25) is 0 Å². The Bertz CT molecular complexity index is 605. The molecule has 0 spiro atoms. The molecule has 0 aliphatic rings. The number of benzene rings is 2. The summed E-state index contributed by atoms with van der Waals surface area (Å²) >= 11 is 5.85. The Morgan fingerprint density at radius 1 is 1.10 bits per heavy atom. The lowest BCUT2D eigenvalue weighted by molar-refractivity contribution is 0.406. The van der Waals surface area contributed by atoms with Crippen LogP contribution in [0.5, 0.6) is 11.5 Å². The van der Waals surface area contributed by atoms with Gasteiger partial charge in [0.25, 0.3) is 0 Å². The molecule has 0 bridgehead atoms. The van der Waals surface area contributed by atoms with Crippen molar-refractivity contribution in [2.45, 2.75) is 32.9 Å². The molecule has 0 aromatic heterocycles. The lowest BCUT2D eigenvalue weighted by Crippen LogP contribution is -2.35. The van der Waals surface area contributed by atoms with Crippen LogP contribution in [0, 0.1) is 5.82 Å². The minimum atomic E-state index is -0.279. The van der Waals surface area contributed by atoms with Gasteiger partial charge in [0.15, 0.2) is 0 Å². The van der Waals surface area contributed by atoms with E-state index >= 15 is 0 Å². The van der Waals surface area contributed by atoms with Gasteiger partial charge >= 0.3 is 0 Å². The third-order valence-electron chi connectivity index (χ3n) is 2.91. The van der Waals surface area contributed by atoms with Gasteiger partial charge < -0.3 is 10.1 Å². The quantitative estimate of drug-likeness (QED) is 0.842. The highest BCUT2D eigenvalue weighted by atomic mass is 35.5. The summed E-state index contributed by atoms with van der Waals surface area (Å²) in [4.78, 5) is 0. The van der Waals surface area contributed by atoms with Gasteiger partial charge in [-0.2, -0.15) is 0 Å². The fourth-order valence-electron chi connectivity index (χ4n) is 1.79. The molecule has 1 N–H and O–H groups in total. The molecule has 112 valence electrons. The van der Waals surface area contributed by atoms with Crippen LogP contribution in [0.1, 0.15) is 26.3 Å². The number of ether oxygens (including phenoxy) is 1. The lowest BCUT2D eigenvalue weighted by Gasteiger charge is -2.22. The van der Waals surface area contributed by atoms with Crippen molar-refractivity contribution in [1.29, 1.82) is 0 Å². The van der Waals surface area contributed by atoms with E-state index in [-0.39, 0.29) is 11.4 Å². The van der Waals surface area contributed by atoms with E-state index in [1.54, 1.807) is 36.4 Å². The summed E-state index contributed by atoms with van der Waals surface area (Å²) in [6.07, 6.45) is 0. The molecule has 0 fully saturated rings. The molecule has 0 amide bonds. The maximum Gasteiger partial charge on any atom is 0.134 e. The van der Waals surface area contributed by atoms with Crippen LogP contribution in [0.3, 0.4) is 0 Å². The maximum atomic E-state index is 14.1. The molecule has 2 aromatic carbocycles. The molecule has 0 saturated heterocycles. The molecular formula is C17H19ClFNO. The molecule has 2 nitrogen and oxygen atoms in total. The van der Waals surface area contributed by atoms with Crippen molar-refractivity contribution >= 4 is 11.6 Å². The average molecular weight is 308 g/mol. The Morgan fingerprint density at radius 2 is 1.76 bits per heavy atom. The first-order valence-electron chi connectivity index (χ1n) is 6.81. The predicted molar refractivity (Wildman–Crippen MR) is 84.5 cm³/mol. The number of halogens is 2. The monoisotopic (exact) mass is 307 g/mol. The Balaban J connectivity index is 2.22. The first kappa shape index (κ1) is 15.8. The Hall–Kier alpha value is -1.58. The third kappa shape index (κ3) is 4.73. The van der Waals surface area contributed by atoms with Crippen molar-refractivity contribution in [1.82, 2.24) is 5.32 Å². The second kappa shape index (κ2) is 6.46. The molecule has 0 aliphatic carbocycles. The SMILES string of the molecule is CC(C)(C)NCc1c(F)cccc1Oc1ccc(Cl)cc1. The molecule has 4 heteroatoms. The van der Waals surface area contributed by atoms with Gasteiger partial charge in [0.1, 0.15) is 17.3 Å². The van der Waals surface area contributed by atoms with Gasteiger partial charge in [-0.15, -0.1) is 0 Å². The highest BCUT2D eigenvalue weighted by molar-refractivity contribution is 6.30. The highest BCUT2D eigenvalue weighted by Crippen LogP contribution is 2.28. The van der Waals surface area contributed by atoms with Gasteiger partial charge in [0, 0.05) is 22.7 Å². The van der Waals surface area contributed by atoms with Crippen LogP contribution in [0.4, 0.5) is 4.39 Å². The number of hydrogen-bond acceptors (Lipinski definition) is 2. The summed E-state index contributed by atoms with van der Waals surface area (Å²) in [6, 6.07) is 11.8. The molecule has 0 saturated carbocycles. The van der Waals surface area contributed by atoms with E-state index < -0.39 is 0 Å². The Morgan fingerprint density at radius 3 is 2.38 bits per heavy atom. The van der Waals surface area contributed by atoms with Crippen molar-refractivity contribution in [3.63, 3.8) is 0 Å².